The highest BCUT2D eigenvalue weighted by atomic mass is 19.1. The molecule has 0 radical (unpaired) electrons. The van der Waals surface area contributed by atoms with Crippen LogP contribution in [0.3, 0.4) is 0 Å². The molecule has 9 heteroatoms. The van der Waals surface area contributed by atoms with Crippen molar-refractivity contribution in [1.82, 2.24) is 10.6 Å². The molecule has 0 aliphatic carbocycles. The number of nitrogens with one attached hydrogen (secondary N) is 2. The maximum Gasteiger partial charge on any atom is 0.326 e. The number of hydrogen-bond acceptors (Lipinski definition) is 5. The van der Waals surface area contributed by atoms with Gasteiger partial charge in [0.1, 0.15) is 17.9 Å². The summed E-state index contributed by atoms with van der Waals surface area (Å²) in [4.78, 5) is 47.2. The highest BCUT2D eigenvalue weighted by Crippen LogP contribution is 2.12. The Morgan fingerprint density at radius 3 is 2.25 bits per heavy atom. The maximum atomic E-state index is 13.0. The molecule has 28 heavy (non-hydrogen) atoms. The number of amides is 2. The SMILES string of the molecule is CCOC(=O)C[C@@H](C)[C@@H](NC(=O)[C@@H](Cc1ccc(F)cc1)NC(C)=O)C(=O)O. The first-order chi connectivity index (χ1) is 13.1. The van der Waals surface area contributed by atoms with Crippen molar-refractivity contribution in [3.05, 3.63) is 35.6 Å². The zero-order valence-electron chi connectivity index (χ0n) is 16.0. The molecule has 0 aromatic heterocycles. The van der Waals surface area contributed by atoms with Crippen LogP contribution in [0.5, 0.6) is 0 Å². The summed E-state index contributed by atoms with van der Waals surface area (Å²) in [6, 6.07) is 2.98. The minimum absolute atomic E-state index is 0.0459. The van der Waals surface area contributed by atoms with E-state index in [1.165, 1.54) is 38.1 Å². The Labute approximate surface area is 162 Å². The smallest absolute Gasteiger partial charge is 0.326 e. The number of benzene rings is 1. The fraction of sp³-hybridized carbons (Fsp3) is 0.474. The lowest BCUT2D eigenvalue weighted by molar-refractivity contribution is -0.147. The molecule has 3 atom stereocenters. The Bertz CT molecular complexity index is 707. The molecule has 0 aliphatic rings. The number of rotatable bonds is 10. The van der Waals surface area contributed by atoms with E-state index in [9.17, 15) is 28.7 Å². The van der Waals surface area contributed by atoms with Crippen LogP contribution >= 0.6 is 0 Å². The summed E-state index contributed by atoms with van der Waals surface area (Å²) in [6.07, 6.45) is -0.141. The molecule has 0 bridgehead atoms. The normalized spacial score (nSPS) is 13.7. The summed E-state index contributed by atoms with van der Waals surface area (Å²) >= 11 is 0. The zero-order valence-corrected chi connectivity index (χ0v) is 16.0. The summed E-state index contributed by atoms with van der Waals surface area (Å²) in [5.41, 5.74) is 0.585. The first-order valence-corrected chi connectivity index (χ1v) is 8.84. The van der Waals surface area contributed by atoms with Crippen molar-refractivity contribution in [3.63, 3.8) is 0 Å². The van der Waals surface area contributed by atoms with Gasteiger partial charge in [0.15, 0.2) is 0 Å². The van der Waals surface area contributed by atoms with Gasteiger partial charge >= 0.3 is 11.9 Å². The maximum absolute atomic E-state index is 13.0. The zero-order chi connectivity index (χ0) is 21.3. The Kier molecular flexibility index (Phi) is 9.07. The Balaban J connectivity index is 2.89. The van der Waals surface area contributed by atoms with Gasteiger partial charge in [-0.05, 0) is 30.5 Å². The van der Waals surface area contributed by atoms with Gasteiger partial charge in [0.2, 0.25) is 11.8 Å². The van der Waals surface area contributed by atoms with Crippen LogP contribution in [-0.2, 0) is 30.3 Å². The van der Waals surface area contributed by atoms with Gasteiger partial charge in [-0.1, -0.05) is 19.1 Å². The summed E-state index contributed by atoms with van der Waals surface area (Å²) in [6.45, 7) is 4.52. The van der Waals surface area contributed by atoms with Gasteiger partial charge in [0, 0.05) is 13.3 Å². The van der Waals surface area contributed by atoms with Crippen LogP contribution in [0.4, 0.5) is 4.39 Å². The lowest BCUT2D eigenvalue weighted by Crippen LogP contribution is -2.54. The standard InChI is InChI=1S/C19H25FN2O6/c1-4-28-16(24)9-11(2)17(19(26)27)22-18(25)15(21-12(3)23)10-13-5-7-14(20)8-6-13/h5-8,11,15,17H,4,9-10H2,1-3H3,(H,21,23)(H,22,25)(H,26,27)/t11-,15-,17-/m1/s1. The summed E-state index contributed by atoms with van der Waals surface area (Å²) in [7, 11) is 0. The molecule has 0 heterocycles. The molecule has 1 rings (SSSR count). The molecule has 154 valence electrons. The second-order valence-electron chi connectivity index (χ2n) is 6.39. The summed E-state index contributed by atoms with van der Waals surface area (Å²) < 4.78 is 17.9. The lowest BCUT2D eigenvalue weighted by Gasteiger charge is -2.24. The fourth-order valence-electron chi connectivity index (χ4n) is 2.61. The summed E-state index contributed by atoms with van der Waals surface area (Å²) in [5.74, 6) is -4.25. The molecule has 1 aromatic rings. The predicted molar refractivity (Wildman–Crippen MR) is 97.7 cm³/mol. The number of esters is 1. The average Bonchev–Trinajstić information content (AvgIpc) is 2.60. The molecule has 0 aliphatic heterocycles. The van der Waals surface area contributed by atoms with Gasteiger partial charge in [-0.25, -0.2) is 9.18 Å². The van der Waals surface area contributed by atoms with Crippen molar-refractivity contribution in [1.29, 1.82) is 0 Å². The van der Waals surface area contributed by atoms with Crippen LogP contribution in [0.2, 0.25) is 0 Å². The fourth-order valence-corrected chi connectivity index (χ4v) is 2.61. The second-order valence-corrected chi connectivity index (χ2v) is 6.39. The van der Waals surface area contributed by atoms with Gasteiger partial charge in [-0.2, -0.15) is 0 Å². The van der Waals surface area contributed by atoms with Crippen molar-refractivity contribution in [2.45, 2.75) is 45.7 Å². The third-order valence-electron chi connectivity index (χ3n) is 3.97. The molecule has 1 aromatic carbocycles. The minimum atomic E-state index is -1.35. The second kappa shape index (κ2) is 11.0. The number of carbonyl (C=O) groups is 4. The molecule has 0 spiro atoms. The molecular formula is C19H25FN2O6. The first-order valence-electron chi connectivity index (χ1n) is 8.84. The third kappa shape index (κ3) is 7.73. The van der Waals surface area contributed by atoms with Crippen molar-refractivity contribution in [2.75, 3.05) is 6.61 Å². The van der Waals surface area contributed by atoms with E-state index in [1.807, 2.05) is 0 Å². The molecule has 0 saturated carbocycles. The summed E-state index contributed by atoms with van der Waals surface area (Å²) in [5, 5.41) is 14.2. The molecule has 2 amide bonds. The number of halogens is 1. The van der Waals surface area contributed by atoms with E-state index in [1.54, 1.807) is 6.92 Å². The average molecular weight is 396 g/mol. The predicted octanol–water partition coefficient (Wildman–Crippen LogP) is 1.03. The largest absolute Gasteiger partial charge is 0.480 e. The Morgan fingerprint density at radius 2 is 1.75 bits per heavy atom. The van der Waals surface area contributed by atoms with Gasteiger partial charge < -0.3 is 20.5 Å². The Morgan fingerprint density at radius 1 is 1.14 bits per heavy atom. The molecule has 0 unspecified atom stereocenters. The quantitative estimate of drug-likeness (QED) is 0.508. The van der Waals surface area contributed by atoms with Gasteiger partial charge in [0.05, 0.1) is 13.0 Å². The molecular weight excluding hydrogens is 371 g/mol. The van der Waals surface area contributed by atoms with Crippen LogP contribution < -0.4 is 10.6 Å². The molecule has 0 fully saturated rings. The van der Waals surface area contributed by atoms with E-state index in [-0.39, 0.29) is 19.4 Å². The highest BCUT2D eigenvalue weighted by Gasteiger charge is 2.31. The number of carboxylic acids is 1. The number of ether oxygens (including phenoxy) is 1. The van der Waals surface area contributed by atoms with Gasteiger partial charge in [-0.15, -0.1) is 0 Å². The van der Waals surface area contributed by atoms with E-state index in [0.717, 1.165) is 0 Å². The van der Waals surface area contributed by atoms with E-state index in [4.69, 9.17) is 4.74 Å². The van der Waals surface area contributed by atoms with Crippen LogP contribution in [0, 0.1) is 11.7 Å². The van der Waals surface area contributed by atoms with Gasteiger partial charge in [-0.3, -0.25) is 14.4 Å². The highest BCUT2D eigenvalue weighted by molar-refractivity contribution is 5.90. The number of aliphatic carboxylic acids is 1. The van der Waals surface area contributed by atoms with E-state index in [0.29, 0.717) is 5.56 Å². The number of hydrogen-bond donors (Lipinski definition) is 3. The Hall–Kier alpha value is -2.97. The first kappa shape index (κ1) is 23.1. The molecule has 3 N–H and O–H groups in total. The number of carbonyl (C=O) groups excluding carboxylic acids is 3. The third-order valence-corrected chi connectivity index (χ3v) is 3.97. The van der Waals surface area contributed by atoms with Crippen molar-refractivity contribution >= 4 is 23.8 Å². The monoisotopic (exact) mass is 396 g/mol. The van der Waals surface area contributed by atoms with Crippen LogP contribution in [0.25, 0.3) is 0 Å². The van der Waals surface area contributed by atoms with Gasteiger partial charge in [0.25, 0.3) is 0 Å². The van der Waals surface area contributed by atoms with E-state index < -0.39 is 47.6 Å². The molecule has 0 saturated heterocycles. The van der Waals surface area contributed by atoms with Crippen molar-refractivity contribution in [2.24, 2.45) is 5.92 Å². The van der Waals surface area contributed by atoms with E-state index >= 15 is 0 Å². The van der Waals surface area contributed by atoms with E-state index in [2.05, 4.69) is 10.6 Å². The van der Waals surface area contributed by atoms with Crippen LogP contribution in [0.15, 0.2) is 24.3 Å². The minimum Gasteiger partial charge on any atom is -0.480 e. The van der Waals surface area contributed by atoms with Crippen molar-refractivity contribution in [3.8, 4) is 0 Å². The topological polar surface area (TPSA) is 122 Å². The van der Waals surface area contributed by atoms with Crippen LogP contribution in [-0.4, -0.2) is 47.6 Å². The van der Waals surface area contributed by atoms with Crippen molar-refractivity contribution < 1.29 is 33.4 Å². The van der Waals surface area contributed by atoms with Crippen LogP contribution in [0.1, 0.15) is 32.8 Å². The number of carboxylic acid groups (broad SMARTS) is 1. The molecule has 8 nitrogen and oxygen atoms in total. The lowest BCUT2D eigenvalue weighted by atomic mass is 9.97.